The molecule has 146 valence electrons. The Labute approximate surface area is 169 Å². The first kappa shape index (κ1) is 18.9. The Morgan fingerprint density at radius 2 is 1.89 bits per heavy atom. The molecule has 0 aromatic heterocycles. The van der Waals surface area contributed by atoms with Crippen LogP contribution in [0.4, 0.5) is 11.4 Å². The molecule has 2 N–H and O–H groups in total. The Morgan fingerprint density at radius 3 is 2.68 bits per heavy atom. The van der Waals surface area contributed by atoms with Crippen molar-refractivity contribution in [3.05, 3.63) is 54.1 Å². The average molecular weight is 396 g/mol. The van der Waals surface area contributed by atoms with E-state index < -0.39 is 0 Å². The zero-order chi connectivity index (χ0) is 19.7. The van der Waals surface area contributed by atoms with Gasteiger partial charge in [0.1, 0.15) is 0 Å². The minimum Gasteiger partial charge on any atom is -0.357 e. The number of thioether (sulfide) groups is 1. The van der Waals surface area contributed by atoms with Gasteiger partial charge in [0.25, 0.3) is 5.91 Å². The van der Waals surface area contributed by atoms with Crippen molar-refractivity contribution in [3.63, 3.8) is 0 Å². The molecule has 2 aromatic carbocycles. The second-order valence-corrected chi connectivity index (χ2v) is 8.96. The van der Waals surface area contributed by atoms with Gasteiger partial charge >= 0.3 is 0 Å². The lowest BCUT2D eigenvalue weighted by Crippen LogP contribution is -2.46. The molecule has 0 spiro atoms. The number of nitrogens with one attached hydrogen (secondary N) is 2. The van der Waals surface area contributed by atoms with Crippen LogP contribution < -0.4 is 15.5 Å². The minimum absolute atomic E-state index is 0.0805. The van der Waals surface area contributed by atoms with Gasteiger partial charge in [0.15, 0.2) is 0 Å². The number of para-hydroxylation sites is 1. The van der Waals surface area contributed by atoms with Crippen LogP contribution in [-0.4, -0.2) is 35.7 Å². The van der Waals surface area contributed by atoms with Crippen molar-refractivity contribution in [3.8, 4) is 0 Å². The summed E-state index contributed by atoms with van der Waals surface area (Å²) in [5.74, 6) is -0.163. The van der Waals surface area contributed by atoms with E-state index in [4.69, 9.17) is 0 Å². The van der Waals surface area contributed by atoms with Crippen LogP contribution in [0, 0.1) is 0 Å². The van der Waals surface area contributed by atoms with Crippen molar-refractivity contribution in [1.82, 2.24) is 5.32 Å². The largest absolute Gasteiger partial charge is 0.357 e. The first-order valence-corrected chi connectivity index (χ1v) is 10.6. The molecule has 2 amide bonds. The number of hydrogen-bond donors (Lipinski definition) is 2. The number of nitrogens with zero attached hydrogens (tertiary/aromatic N) is 1. The summed E-state index contributed by atoms with van der Waals surface area (Å²) >= 11 is 1.85. The fourth-order valence-corrected chi connectivity index (χ4v) is 4.59. The highest BCUT2D eigenvalue weighted by atomic mass is 32.2. The van der Waals surface area contributed by atoms with E-state index in [0.717, 1.165) is 18.5 Å². The van der Waals surface area contributed by atoms with Gasteiger partial charge in [-0.25, -0.2) is 0 Å². The molecule has 1 aliphatic carbocycles. The first-order valence-electron chi connectivity index (χ1n) is 9.74. The third kappa shape index (κ3) is 4.17. The van der Waals surface area contributed by atoms with Gasteiger partial charge in [0.05, 0.1) is 12.2 Å². The first-order chi connectivity index (χ1) is 13.5. The molecule has 0 unspecified atom stereocenters. The Kier molecular flexibility index (Phi) is 5.31. The molecule has 28 heavy (non-hydrogen) atoms. The van der Waals surface area contributed by atoms with Crippen LogP contribution in [0.25, 0.3) is 0 Å². The summed E-state index contributed by atoms with van der Waals surface area (Å²) < 4.78 is 0. The molecular formula is C22H25N3O2S. The van der Waals surface area contributed by atoms with Gasteiger partial charge < -0.3 is 15.5 Å². The zero-order valence-electron chi connectivity index (χ0n) is 16.1. The van der Waals surface area contributed by atoms with Crippen molar-refractivity contribution in [2.24, 2.45) is 0 Å². The highest BCUT2D eigenvalue weighted by molar-refractivity contribution is 8.00. The van der Waals surface area contributed by atoms with E-state index in [1.54, 1.807) is 18.2 Å². The van der Waals surface area contributed by atoms with Gasteiger partial charge in [-0.2, -0.15) is 0 Å². The number of hydrogen-bond acceptors (Lipinski definition) is 4. The molecule has 0 bridgehead atoms. The molecule has 0 radical (unpaired) electrons. The molecule has 5 nitrogen and oxygen atoms in total. The molecule has 1 heterocycles. The number of amides is 2. The number of carbonyl (C=O) groups is 2. The molecular weight excluding hydrogens is 370 g/mol. The predicted octanol–water partition coefficient (Wildman–Crippen LogP) is 3.91. The van der Waals surface area contributed by atoms with Gasteiger partial charge in [-0.1, -0.05) is 25.1 Å². The highest BCUT2D eigenvalue weighted by Crippen LogP contribution is 2.41. The summed E-state index contributed by atoms with van der Waals surface area (Å²) in [6.45, 7) is 4.63. The SMILES string of the molecule is C[C@@H]1[C@@H](C)Sc2ccccc2N1CC(=O)Nc1cccc(C(=O)NC2CC2)c1. The number of rotatable bonds is 5. The summed E-state index contributed by atoms with van der Waals surface area (Å²) in [4.78, 5) is 28.4. The fourth-order valence-electron chi connectivity index (χ4n) is 3.38. The number of benzene rings is 2. The van der Waals surface area contributed by atoms with E-state index in [-0.39, 0.29) is 24.4 Å². The van der Waals surface area contributed by atoms with Crippen molar-refractivity contribution in [1.29, 1.82) is 0 Å². The van der Waals surface area contributed by atoms with Crippen molar-refractivity contribution >= 4 is 35.0 Å². The Hall–Kier alpha value is -2.47. The molecule has 2 atom stereocenters. The normalized spacial score (nSPS) is 21.0. The Balaban J connectivity index is 1.45. The van der Waals surface area contributed by atoms with Crippen LogP contribution in [-0.2, 0) is 4.79 Å². The maximum Gasteiger partial charge on any atom is 0.251 e. The van der Waals surface area contributed by atoms with E-state index in [9.17, 15) is 9.59 Å². The van der Waals surface area contributed by atoms with E-state index >= 15 is 0 Å². The monoisotopic (exact) mass is 395 g/mol. The van der Waals surface area contributed by atoms with Crippen LogP contribution in [0.1, 0.15) is 37.0 Å². The molecule has 1 fully saturated rings. The lowest BCUT2D eigenvalue weighted by atomic mass is 10.1. The summed E-state index contributed by atoms with van der Waals surface area (Å²) in [5.41, 5.74) is 2.33. The van der Waals surface area contributed by atoms with Crippen molar-refractivity contribution in [2.75, 3.05) is 16.8 Å². The molecule has 2 aromatic rings. The molecule has 1 aliphatic heterocycles. The second-order valence-electron chi connectivity index (χ2n) is 7.54. The van der Waals surface area contributed by atoms with Crippen LogP contribution in [0.5, 0.6) is 0 Å². The minimum atomic E-state index is -0.0829. The summed E-state index contributed by atoms with van der Waals surface area (Å²) in [7, 11) is 0. The predicted molar refractivity (Wildman–Crippen MR) is 114 cm³/mol. The molecule has 6 heteroatoms. The average Bonchev–Trinajstić information content (AvgIpc) is 3.49. The third-order valence-corrected chi connectivity index (χ3v) is 6.66. The van der Waals surface area contributed by atoms with Gasteiger partial charge in [0.2, 0.25) is 5.91 Å². The van der Waals surface area contributed by atoms with E-state index in [2.05, 4.69) is 41.5 Å². The Morgan fingerprint density at radius 1 is 1.11 bits per heavy atom. The summed E-state index contributed by atoms with van der Waals surface area (Å²) in [5, 5.41) is 6.33. The summed E-state index contributed by atoms with van der Waals surface area (Å²) in [6, 6.07) is 15.9. The topological polar surface area (TPSA) is 61.4 Å². The van der Waals surface area contributed by atoms with Crippen LogP contribution in [0.15, 0.2) is 53.4 Å². The van der Waals surface area contributed by atoms with E-state index in [0.29, 0.717) is 22.5 Å². The van der Waals surface area contributed by atoms with Crippen molar-refractivity contribution < 1.29 is 9.59 Å². The lowest BCUT2D eigenvalue weighted by Gasteiger charge is -2.39. The van der Waals surface area contributed by atoms with Gasteiger partial charge in [-0.15, -0.1) is 11.8 Å². The standard InChI is InChI=1S/C22H25N3O2S/c1-14-15(2)28-20-9-4-3-8-19(20)25(14)13-21(26)23-18-7-5-6-16(12-18)22(27)24-17-10-11-17/h3-9,12,14-15,17H,10-11,13H2,1-2H3,(H,23,26)(H,24,27)/t14-,15-/m1/s1. The smallest absolute Gasteiger partial charge is 0.251 e. The maximum atomic E-state index is 12.8. The molecule has 1 saturated carbocycles. The van der Waals surface area contributed by atoms with Crippen LogP contribution in [0.3, 0.4) is 0 Å². The molecule has 0 saturated heterocycles. The molecule has 4 rings (SSSR count). The number of anilines is 2. The second kappa shape index (κ2) is 7.87. The van der Waals surface area contributed by atoms with Gasteiger partial charge in [-0.05, 0) is 50.1 Å². The van der Waals surface area contributed by atoms with Crippen LogP contribution >= 0.6 is 11.8 Å². The zero-order valence-corrected chi connectivity index (χ0v) is 17.0. The Bertz CT molecular complexity index is 897. The van der Waals surface area contributed by atoms with Crippen LogP contribution in [0.2, 0.25) is 0 Å². The quantitative estimate of drug-likeness (QED) is 0.806. The summed E-state index contributed by atoms with van der Waals surface area (Å²) in [6.07, 6.45) is 2.10. The van der Waals surface area contributed by atoms with Gasteiger partial charge in [0, 0.05) is 33.5 Å². The third-order valence-electron chi connectivity index (χ3n) is 5.29. The number of fused-ring (bicyclic) bond motifs is 1. The number of carbonyl (C=O) groups excluding carboxylic acids is 2. The van der Waals surface area contributed by atoms with E-state index in [1.807, 2.05) is 30.0 Å². The highest BCUT2D eigenvalue weighted by Gasteiger charge is 2.30. The van der Waals surface area contributed by atoms with Gasteiger partial charge in [-0.3, -0.25) is 9.59 Å². The van der Waals surface area contributed by atoms with E-state index in [1.165, 1.54) is 4.90 Å². The maximum absolute atomic E-state index is 12.8. The van der Waals surface area contributed by atoms with Crippen molar-refractivity contribution in [2.45, 2.75) is 48.9 Å². The fraction of sp³-hybridized carbons (Fsp3) is 0.364. The lowest BCUT2D eigenvalue weighted by molar-refractivity contribution is -0.115. The molecule has 2 aliphatic rings.